The fraction of sp³-hybridized carbons (Fsp3) is 0.529. The summed E-state index contributed by atoms with van der Waals surface area (Å²) in [5.74, 6) is 1.24. The number of aryl methyl sites for hydroxylation is 1. The van der Waals surface area contributed by atoms with Crippen LogP contribution in [-0.2, 0) is 36.0 Å². The number of hydrogen-bond acceptors (Lipinski definition) is 6. The lowest BCUT2D eigenvalue weighted by Crippen LogP contribution is -2.35. The summed E-state index contributed by atoms with van der Waals surface area (Å²) in [6.45, 7) is 9.94. The van der Waals surface area contributed by atoms with Gasteiger partial charge in [-0.15, -0.1) is 10.2 Å². The highest BCUT2D eigenvalue weighted by atomic mass is 19.4. The molecule has 14 heteroatoms. The minimum Gasteiger partial charge on any atom is -0.496 e. The molecule has 2 heterocycles. The van der Waals surface area contributed by atoms with E-state index >= 15 is 0 Å². The van der Waals surface area contributed by atoms with Crippen molar-refractivity contribution in [3.63, 3.8) is 0 Å². The first kappa shape index (κ1) is 35.2. The molecule has 2 atom stereocenters. The molecule has 260 valence electrons. The van der Waals surface area contributed by atoms with Gasteiger partial charge in [-0.1, -0.05) is 33.8 Å². The lowest BCUT2D eigenvalue weighted by atomic mass is 9.72. The molecule has 1 aliphatic carbocycles. The average molecular weight is 680 g/mol. The minimum absolute atomic E-state index is 0.0658. The Hall–Kier alpha value is -4.10. The Kier molecular flexibility index (Phi) is 9.10. The zero-order valence-electron chi connectivity index (χ0n) is 27.9. The number of hydrogen-bond donors (Lipinski definition) is 0. The van der Waals surface area contributed by atoms with Crippen molar-refractivity contribution in [2.45, 2.75) is 90.2 Å². The van der Waals surface area contributed by atoms with Crippen LogP contribution >= 0.6 is 0 Å². The van der Waals surface area contributed by atoms with Crippen LogP contribution in [0.1, 0.15) is 93.6 Å². The molecule has 0 spiro atoms. The van der Waals surface area contributed by atoms with Gasteiger partial charge in [0.25, 0.3) is 0 Å². The van der Waals surface area contributed by atoms with E-state index in [1.165, 1.54) is 9.70 Å². The molecule has 1 fully saturated rings. The lowest BCUT2D eigenvalue weighted by molar-refractivity contribution is -0.143. The van der Waals surface area contributed by atoms with Crippen molar-refractivity contribution >= 4 is 11.7 Å². The van der Waals surface area contributed by atoms with E-state index in [1.54, 1.807) is 21.1 Å². The van der Waals surface area contributed by atoms with E-state index < -0.39 is 47.1 Å². The number of carbonyl (C=O) groups is 1. The highest BCUT2D eigenvalue weighted by Gasteiger charge is 2.44. The van der Waals surface area contributed by atoms with E-state index in [9.17, 15) is 31.1 Å². The van der Waals surface area contributed by atoms with Gasteiger partial charge in [-0.2, -0.15) is 31.1 Å². The molecule has 2 aromatic carbocycles. The second kappa shape index (κ2) is 12.4. The van der Waals surface area contributed by atoms with E-state index in [-0.39, 0.29) is 23.6 Å². The van der Waals surface area contributed by atoms with E-state index in [4.69, 9.17) is 9.47 Å². The van der Waals surface area contributed by atoms with Gasteiger partial charge in [0.15, 0.2) is 5.82 Å². The van der Waals surface area contributed by atoms with Gasteiger partial charge in [0.05, 0.1) is 31.3 Å². The van der Waals surface area contributed by atoms with Crippen molar-refractivity contribution in [1.82, 2.24) is 25.1 Å². The molecule has 5 rings (SSSR count). The molecule has 0 radical (unpaired) electrons. The van der Waals surface area contributed by atoms with E-state index in [1.807, 2.05) is 26.0 Å². The molecule has 48 heavy (non-hydrogen) atoms. The van der Waals surface area contributed by atoms with E-state index in [0.717, 1.165) is 28.7 Å². The monoisotopic (exact) mass is 679 g/mol. The van der Waals surface area contributed by atoms with Gasteiger partial charge in [-0.05, 0) is 95.8 Å². The van der Waals surface area contributed by atoms with Crippen molar-refractivity contribution in [2.24, 2.45) is 12.5 Å². The molecule has 0 bridgehead atoms. The first-order valence-corrected chi connectivity index (χ1v) is 15.6. The lowest BCUT2D eigenvalue weighted by Gasteiger charge is -2.36. The number of rotatable bonds is 8. The number of allylic oxidation sites excluding steroid dienone is 1. The van der Waals surface area contributed by atoms with Crippen molar-refractivity contribution in [2.75, 3.05) is 13.7 Å². The smallest absolute Gasteiger partial charge is 0.416 e. The van der Waals surface area contributed by atoms with Gasteiger partial charge in [-0.25, -0.2) is 4.79 Å². The molecule has 2 aliphatic rings. The largest absolute Gasteiger partial charge is 0.496 e. The Labute approximate surface area is 275 Å². The summed E-state index contributed by atoms with van der Waals surface area (Å²) < 4.78 is 93.0. The minimum atomic E-state index is -5.03. The maximum Gasteiger partial charge on any atom is 0.416 e. The summed E-state index contributed by atoms with van der Waals surface area (Å²) in [5, 5.41) is 12.6. The number of nitrogens with zero attached hydrogens (tertiary/aromatic N) is 5. The fourth-order valence-corrected chi connectivity index (χ4v) is 6.64. The van der Waals surface area contributed by atoms with Crippen LogP contribution in [0, 0.1) is 5.41 Å². The summed E-state index contributed by atoms with van der Waals surface area (Å²) in [6.07, 6.45) is -9.48. The molecule has 1 amide bonds. The summed E-state index contributed by atoms with van der Waals surface area (Å²) >= 11 is 0. The van der Waals surface area contributed by atoms with E-state index in [0.29, 0.717) is 43.0 Å². The number of benzene rings is 2. The summed E-state index contributed by atoms with van der Waals surface area (Å²) in [4.78, 5) is 16.1. The Morgan fingerprint density at radius 2 is 1.67 bits per heavy atom. The number of carbonyl (C=O) groups excluding carboxylic acids is 1. The number of methoxy groups -OCH3 is 1. The molecule has 0 saturated carbocycles. The number of tetrazole rings is 1. The van der Waals surface area contributed by atoms with Gasteiger partial charge < -0.3 is 9.47 Å². The SMILES string of the molecule is COc1ccc(CC(C)(C)c2nnn(C)n2)cc1C1=C(CN2C(=O)O[C@H](c3cc(C(F)(F)F)cc(C(F)(F)F)c3)[C@@H]2C)CC(C)(C)CC1. The number of alkyl halides is 6. The number of halogens is 6. The molecule has 0 unspecified atom stereocenters. The van der Waals surface area contributed by atoms with Gasteiger partial charge >= 0.3 is 18.4 Å². The van der Waals surface area contributed by atoms with Crippen LogP contribution in [-0.4, -0.2) is 50.9 Å². The molecule has 3 aromatic rings. The highest BCUT2D eigenvalue weighted by molar-refractivity contribution is 5.77. The molecule has 1 aliphatic heterocycles. The van der Waals surface area contributed by atoms with Crippen LogP contribution in [0.4, 0.5) is 31.1 Å². The van der Waals surface area contributed by atoms with Crippen molar-refractivity contribution in [3.05, 3.63) is 75.6 Å². The second-order valence-corrected chi connectivity index (χ2v) is 14.1. The summed E-state index contributed by atoms with van der Waals surface area (Å²) in [5.41, 5.74) is -0.105. The molecule has 1 saturated heterocycles. The van der Waals surface area contributed by atoms with Crippen LogP contribution in [0.25, 0.3) is 5.57 Å². The maximum atomic E-state index is 13.6. The first-order chi connectivity index (χ1) is 22.2. The number of aromatic nitrogens is 4. The van der Waals surface area contributed by atoms with Crippen molar-refractivity contribution in [1.29, 1.82) is 0 Å². The van der Waals surface area contributed by atoms with Gasteiger partial charge in [0.1, 0.15) is 11.9 Å². The van der Waals surface area contributed by atoms with Crippen molar-refractivity contribution < 1.29 is 40.6 Å². The van der Waals surface area contributed by atoms with Gasteiger partial charge in [0, 0.05) is 17.5 Å². The fourth-order valence-electron chi connectivity index (χ4n) is 6.64. The van der Waals surface area contributed by atoms with Gasteiger partial charge in [-0.3, -0.25) is 4.90 Å². The average Bonchev–Trinajstić information content (AvgIpc) is 3.54. The Balaban J connectivity index is 1.51. The van der Waals surface area contributed by atoms with E-state index in [2.05, 4.69) is 35.3 Å². The van der Waals surface area contributed by atoms with Crippen LogP contribution in [0.2, 0.25) is 0 Å². The molecular weight excluding hydrogens is 640 g/mol. The quantitative estimate of drug-likeness (QED) is 0.223. The second-order valence-electron chi connectivity index (χ2n) is 14.1. The highest BCUT2D eigenvalue weighted by Crippen LogP contribution is 2.47. The molecular formula is C34H39F6N5O3. The molecule has 0 N–H and O–H groups in total. The zero-order valence-corrected chi connectivity index (χ0v) is 27.9. The standard InChI is InChI=1S/C34H39F6N5O3/c1-19-28(21-13-23(33(35,36)37)15-24(14-21)34(38,39)40)48-30(46)45(19)18-22-17-31(2,3)11-10-25(22)26-12-20(8-9-27(26)47-7)16-32(4,5)29-41-43-44(6)42-29/h8-9,12-15,19,28H,10-11,16-18H2,1-7H3/t19-,28-/m0/s1. The van der Waals surface area contributed by atoms with Crippen LogP contribution in [0.3, 0.4) is 0 Å². The van der Waals surface area contributed by atoms with Crippen LogP contribution < -0.4 is 4.74 Å². The Morgan fingerprint density at radius 1 is 1.02 bits per heavy atom. The van der Waals surface area contributed by atoms with Gasteiger partial charge in [0.2, 0.25) is 0 Å². The molecule has 8 nitrogen and oxygen atoms in total. The summed E-state index contributed by atoms with van der Waals surface area (Å²) in [6, 6.07) is 6.38. The predicted molar refractivity (Wildman–Crippen MR) is 165 cm³/mol. The number of cyclic esters (lactones) is 1. The zero-order chi connectivity index (χ0) is 35.4. The van der Waals surface area contributed by atoms with Crippen molar-refractivity contribution in [3.8, 4) is 5.75 Å². The Morgan fingerprint density at radius 3 is 2.23 bits per heavy atom. The van der Waals surface area contributed by atoms with Crippen LogP contribution in [0.15, 0.2) is 42.0 Å². The summed E-state index contributed by atoms with van der Waals surface area (Å²) in [7, 11) is 3.28. The first-order valence-electron chi connectivity index (χ1n) is 15.6. The normalized spacial score (nSPS) is 20.4. The molecule has 1 aromatic heterocycles. The number of ether oxygens (including phenoxy) is 2. The van der Waals surface area contributed by atoms with Crippen LogP contribution in [0.5, 0.6) is 5.75 Å². The predicted octanol–water partition coefficient (Wildman–Crippen LogP) is 8.32. The Bertz CT molecular complexity index is 1690. The number of amides is 1. The third-order valence-corrected chi connectivity index (χ3v) is 9.21. The third-order valence-electron chi connectivity index (χ3n) is 9.21. The topological polar surface area (TPSA) is 82.4 Å². The third kappa shape index (κ3) is 7.31. The maximum absolute atomic E-state index is 13.6.